The lowest BCUT2D eigenvalue weighted by Gasteiger charge is -2.05. The molecule has 26 heavy (non-hydrogen) atoms. The van der Waals surface area contributed by atoms with E-state index >= 15 is 0 Å². The smallest absolute Gasteiger partial charge is 0.200 e. The molecule has 0 radical (unpaired) electrons. The molecule has 0 fully saturated rings. The van der Waals surface area contributed by atoms with Crippen molar-refractivity contribution < 1.29 is 0 Å². The van der Waals surface area contributed by atoms with E-state index in [9.17, 15) is 0 Å². The molecule has 0 aliphatic rings. The highest BCUT2D eigenvalue weighted by molar-refractivity contribution is 7.71. The summed E-state index contributed by atoms with van der Waals surface area (Å²) in [5.41, 5.74) is 4.30. The van der Waals surface area contributed by atoms with E-state index in [1.54, 1.807) is 6.20 Å². The Labute approximate surface area is 155 Å². The van der Waals surface area contributed by atoms with Gasteiger partial charge in [-0.15, -0.1) is 0 Å². The molecular formula is C18H19N7S. The van der Waals surface area contributed by atoms with Gasteiger partial charge in [0.05, 0.1) is 24.1 Å². The monoisotopic (exact) mass is 365 g/mol. The van der Waals surface area contributed by atoms with Crippen LogP contribution in [-0.4, -0.2) is 34.3 Å². The maximum absolute atomic E-state index is 5.41. The molecule has 0 saturated heterocycles. The minimum Gasteiger partial charge on any atom is -0.267 e. The molecule has 0 atom stereocenters. The number of rotatable bonds is 5. The van der Waals surface area contributed by atoms with Crippen molar-refractivity contribution in [3.8, 4) is 5.69 Å². The summed E-state index contributed by atoms with van der Waals surface area (Å²) in [7, 11) is 0. The van der Waals surface area contributed by atoms with Gasteiger partial charge in [-0.05, 0) is 37.7 Å². The first-order valence-electron chi connectivity index (χ1n) is 8.33. The molecule has 0 spiro atoms. The third kappa shape index (κ3) is 3.36. The van der Waals surface area contributed by atoms with Gasteiger partial charge in [-0.2, -0.15) is 15.3 Å². The first-order chi connectivity index (χ1) is 12.6. The fraction of sp³-hybridized carbons (Fsp3) is 0.222. The van der Waals surface area contributed by atoms with Crippen LogP contribution in [0.4, 0.5) is 0 Å². The normalized spacial score (nSPS) is 11.2. The van der Waals surface area contributed by atoms with Crippen LogP contribution >= 0.6 is 12.2 Å². The predicted molar refractivity (Wildman–Crippen MR) is 101 cm³/mol. The standard InChI is InChI=1S/C18H19N7S/c1-13-3-5-15(6-4-13)10-24-11-16(9-19-24)25-17(20-21-18(25)26)12-23-8-7-14(2)22-23/h3-9,11H,10,12H2,1-2H3,(H,21,26). The summed E-state index contributed by atoms with van der Waals surface area (Å²) in [5, 5.41) is 16.1. The summed E-state index contributed by atoms with van der Waals surface area (Å²) >= 11 is 5.41. The second-order valence-corrected chi connectivity index (χ2v) is 6.70. The summed E-state index contributed by atoms with van der Waals surface area (Å²) in [6.07, 6.45) is 5.71. The Morgan fingerprint density at radius 1 is 1.04 bits per heavy atom. The van der Waals surface area contributed by atoms with Gasteiger partial charge in [-0.25, -0.2) is 0 Å². The van der Waals surface area contributed by atoms with Crippen LogP contribution in [0.5, 0.6) is 0 Å². The lowest BCUT2D eigenvalue weighted by molar-refractivity contribution is 0.638. The van der Waals surface area contributed by atoms with Crippen molar-refractivity contribution in [2.75, 3.05) is 0 Å². The van der Waals surface area contributed by atoms with Gasteiger partial charge in [0.25, 0.3) is 0 Å². The van der Waals surface area contributed by atoms with Gasteiger partial charge in [0.15, 0.2) is 10.6 Å². The number of hydrogen-bond donors (Lipinski definition) is 1. The molecule has 0 aliphatic heterocycles. The zero-order chi connectivity index (χ0) is 18.1. The number of nitrogens with zero attached hydrogens (tertiary/aromatic N) is 6. The third-order valence-electron chi connectivity index (χ3n) is 4.16. The lowest BCUT2D eigenvalue weighted by Crippen LogP contribution is -2.08. The summed E-state index contributed by atoms with van der Waals surface area (Å²) < 4.78 is 6.17. The average Bonchev–Trinajstić information content (AvgIpc) is 3.32. The first-order valence-corrected chi connectivity index (χ1v) is 8.74. The fourth-order valence-corrected chi connectivity index (χ4v) is 3.09. The van der Waals surface area contributed by atoms with Gasteiger partial charge in [0, 0.05) is 12.4 Å². The quantitative estimate of drug-likeness (QED) is 0.552. The molecule has 132 valence electrons. The van der Waals surface area contributed by atoms with Crippen LogP contribution < -0.4 is 0 Å². The maximum atomic E-state index is 5.41. The molecule has 7 nitrogen and oxygen atoms in total. The summed E-state index contributed by atoms with van der Waals surface area (Å²) in [6.45, 7) is 5.28. The van der Waals surface area contributed by atoms with Gasteiger partial charge in [-0.3, -0.25) is 19.0 Å². The predicted octanol–water partition coefficient (Wildman–Crippen LogP) is 3.04. The number of aromatic nitrogens is 7. The number of H-pyrrole nitrogens is 1. The van der Waals surface area contributed by atoms with Crippen LogP contribution in [0.15, 0.2) is 48.9 Å². The van der Waals surface area contributed by atoms with E-state index in [-0.39, 0.29) is 0 Å². The zero-order valence-corrected chi connectivity index (χ0v) is 15.4. The molecule has 3 aromatic heterocycles. The fourth-order valence-electron chi connectivity index (χ4n) is 2.83. The Balaban J connectivity index is 1.60. The number of aryl methyl sites for hydroxylation is 2. The van der Waals surface area contributed by atoms with Crippen LogP contribution in [0, 0.1) is 18.6 Å². The Morgan fingerprint density at radius 3 is 2.58 bits per heavy atom. The summed E-state index contributed by atoms with van der Waals surface area (Å²) in [4.78, 5) is 0. The lowest BCUT2D eigenvalue weighted by atomic mass is 10.1. The van der Waals surface area contributed by atoms with Crippen molar-refractivity contribution in [2.24, 2.45) is 0 Å². The van der Waals surface area contributed by atoms with Crippen molar-refractivity contribution in [1.82, 2.24) is 34.3 Å². The van der Waals surface area contributed by atoms with Gasteiger partial charge in [-0.1, -0.05) is 29.8 Å². The van der Waals surface area contributed by atoms with Crippen LogP contribution in [0.25, 0.3) is 5.69 Å². The second-order valence-electron chi connectivity index (χ2n) is 6.32. The van der Waals surface area contributed by atoms with E-state index in [0.717, 1.165) is 17.2 Å². The van der Waals surface area contributed by atoms with Crippen molar-refractivity contribution in [2.45, 2.75) is 26.9 Å². The molecule has 0 saturated carbocycles. The average molecular weight is 365 g/mol. The Hall–Kier alpha value is -3.00. The van der Waals surface area contributed by atoms with Crippen LogP contribution in [-0.2, 0) is 13.1 Å². The van der Waals surface area contributed by atoms with Gasteiger partial charge >= 0.3 is 0 Å². The number of aromatic amines is 1. The maximum Gasteiger partial charge on any atom is 0.200 e. The molecule has 4 rings (SSSR count). The van der Waals surface area contributed by atoms with Gasteiger partial charge < -0.3 is 0 Å². The summed E-state index contributed by atoms with van der Waals surface area (Å²) in [6, 6.07) is 10.4. The van der Waals surface area contributed by atoms with Crippen molar-refractivity contribution in [3.05, 3.63) is 76.3 Å². The Bertz CT molecular complexity index is 1080. The molecule has 8 heteroatoms. The van der Waals surface area contributed by atoms with E-state index in [1.807, 2.05) is 39.3 Å². The highest BCUT2D eigenvalue weighted by Gasteiger charge is 2.11. The Kier molecular flexibility index (Phi) is 4.26. The largest absolute Gasteiger partial charge is 0.267 e. The molecule has 0 amide bonds. The molecule has 0 bridgehead atoms. The van der Waals surface area contributed by atoms with E-state index in [2.05, 4.69) is 51.6 Å². The molecule has 3 heterocycles. The van der Waals surface area contributed by atoms with Crippen molar-refractivity contribution in [1.29, 1.82) is 0 Å². The SMILES string of the molecule is Cc1ccc(Cn2cc(-n3c(Cn4ccc(C)n4)n[nH]c3=S)cn2)cc1. The number of hydrogen-bond acceptors (Lipinski definition) is 4. The van der Waals surface area contributed by atoms with Crippen molar-refractivity contribution >= 4 is 12.2 Å². The Morgan fingerprint density at radius 2 is 1.85 bits per heavy atom. The highest BCUT2D eigenvalue weighted by atomic mass is 32.1. The molecule has 0 unspecified atom stereocenters. The molecule has 1 N–H and O–H groups in total. The molecule has 4 aromatic rings. The topological polar surface area (TPSA) is 69.2 Å². The van der Waals surface area contributed by atoms with E-state index < -0.39 is 0 Å². The number of benzene rings is 1. The van der Waals surface area contributed by atoms with Gasteiger partial charge in [0.2, 0.25) is 0 Å². The van der Waals surface area contributed by atoms with Gasteiger partial charge in [0.1, 0.15) is 6.54 Å². The van der Waals surface area contributed by atoms with E-state index in [0.29, 0.717) is 17.9 Å². The highest BCUT2D eigenvalue weighted by Crippen LogP contribution is 2.13. The van der Waals surface area contributed by atoms with Crippen LogP contribution in [0.3, 0.4) is 0 Å². The minimum atomic E-state index is 0.532. The van der Waals surface area contributed by atoms with Crippen LogP contribution in [0.1, 0.15) is 22.6 Å². The van der Waals surface area contributed by atoms with Crippen molar-refractivity contribution in [3.63, 3.8) is 0 Å². The molecule has 1 aromatic carbocycles. The second kappa shape index (κ2) is 6.72. The third-order valence-corrected chi connectivity index (χ3v) is 4.44. The molecule has 0 aliphatic carbocycles. The van der Waals surface area contributed by atoms with E-state index in [1.165, 1.54) is 11.1 Å². The minimum absolute atomic E-state index is 0.532. The van der Waals surface area contributed by atoms with E-state index in [4.69, 9.17) is 12.2 Å². The molecular weight excluding hydrogens is 346 g/mol. The zero-order valence-electron chi connectivity index (χ0n) is 14.6. The first kappa shape index (κ1) is 16.5. The number of nitrogens with one attached hydrogen (secondary N) is 1. The summed E-state index contributed by atoms with van der Waals surface area (Å²) in [5.74, 6) is 0.785. The van der Waals surface area contributed by atoms with Crippen LogP contribution in [0.2, 0.25) is 0 Å².